The predicted molar refractivity (Wildman–Crippen MR) is 190 cm³/mol. The van der Waals surface area contributed by atoms with Gasteiger partial charge in [-0.15, -0.1) is 0 Å². The van der Waals surface area contributed by atoms with E-state index in [0.717, 1.165) is 0 Å². The summed E-state index contributed by atoms with van der Waals surface area (Å²) in [6.45, 7) is 5.05. The number of pyridine rings is 2. The molecule has 0 unspecified atom stereocenters. The highest BCUT2D eigenvalue weighted by Gasteiger charge is 2.28. The van der Waals surface area contributed by atoms with Gasteiger partial charge in [0.25, 0.3) is 5.56 Å². The molecule has 2 heterocycles. The number of methoxy groups -OCH3 is 4. The highest BCUT2D eigenvalue weighted by Crippen LogP contribution is 2.44. The Hall–Kier alpha value is -6.08. The minimum atomic E-state index is -0.842. The average molecular weight is 698 g/mol. The van der Waals surface area contributed by atoms with Crippen LogP contribution < -0.4 is 29.8 Å². The second-order valence-electron chi connectivity index (χ2n) is 12.1. The molecule has 0 spiro atoms. The highest BCUT2D eigenvalue weighted by atomic mass is 16.7. The lowest BCUT2D eigenvalue weighted by Crippen LogP contribution is -2.28. The Morgan fingerprint density at radius 2 is 1.55 bits per heavy atom. The third kappa shape index (κ3) is 8.22. The maximum Gasteiger partial charge on any atom is 0.412 e. The van der Waals surface area contributed by atoms with Crippen LogP contribution in [-0.4, -0.2) is 62.4 Å². The maximum atomic E-state index is 14.6. The number of benzene rings is 3. The molecule has 0 fully saturated rings. The minimum Gasteiger partial charge on any atom is -0.493 e. The van der Waals surface area contributed by atoms with Crippen LogP contribution in [0.4, 0.5) is 10.5 Å². The van der Waals surface area contributed by atoms with Crippen molar-refractivity contribution in [1.29, 1.82) is 0 Å². The fourth-order valence-electron chi connectivity index (χ4n) is 5.36. The lowest BCUT2D eigenvalue weighted by Gasteiger charge is -2.21. The number of ether oxygens (including phenoxy) is 7. The van der Waals surface area contributed by atoms with Gasteiger partial charge in [0.1, 0.15) is 23.7 Å². The molecule has 0 aliphatic heterocycles. The van der Waals surface area contributed by atoms with Crippen LogP contribution in [0.1, 0.15) is 37.0 Å². The molecule has 1 N–H and O–H groups in total. The van der Waals surface area contributed by atoms with Gasteiger partial charge in [0.15, 0.2) is 18.3 Å². The molecule has 0 bridgehead atoms. The smallest absolute Gasteiger partial charge is 0.412 e. The zero-order valence-corrected chi connectivity index (χ0v) is 29.4. The number of nitrogens with one attached hydrogen (secondary N) is 1. The average Bonchev–Trinajstić information content (AvgIpc) is 3.12. The number of hydrogen-bond acceptors (Lipinski definition) is 11. The van der Waals surface area contributed by atoms with Crippen molar-refractivity contribution in [2.75, 3.05) is 40.5 Å². The summed E-state index contributed by atoms with van der Waals surface area (Å²) in [5.41, 5.74) is 0.841. The largest absolute Gasteiger partial charge is 0.493 e. The first-order valence-electron chi connectivity index (χ1n) is 15.8. The Bertz CT molecular complexity index is 2060. The van der Waals surface area contributed by atoms with Crippen molar-refractivity contribution in [3.8, 4) is 39.8 Å². The van der Waals surface area contributed by atoms with E-state index in [-0.39, 0.29) is 24.5 Å². The normalized spacial score (nSPS) is 11.1. The Morgan fingerprint density at radius 3 is 2.14 bits per heavy atom. The van der Waals surface area contributed by atoms with Crippen molar-refractivity contribution < 1.29 is 42.7 Å². The molecule has 5 rings (SSSR count). The molecule has 266 valence electrons. The zero-order chi connectivity index (χ0) is 36.7. The molecule has 1 amide bonds. The summed E-state index contributed by atoms with van der Waals surface area (Å²) in [6.07, 6.45) is 1.02. The number of fused-ring (bicyclic) bond motifs is 1. The molecule has 5 aromatic rings. The summed E-state index contributed by atoms with van der Waals surface area (Å²) in [7, 11) is 5.82. The first kappa shape index (κ1) is 36.2. The Labute approximate surface area is 294 Å². The van der Waals surface area contributed by atoms with Crippen molar-refractivity contribution >= 4 is 28.5 Å². The number of nitrogens with zero attached hydrogens (tertiary/aromatic N) is 2. The van der Waals surface area contributed by atoms with Gasteiger partial charge in [0, 0.05) is 30.2 Å². The van der Waals surface area contributed by atoms with Gasteiger partial charge in [-0.05, 0) is 98.5 Å². The van der Waals surface area contributed by atoms with Gasteiger partial charge >= 0.3 is 12.1 Å². The van der Waals surface area contributed by atoms with Crippen LogP contribution in [0.25, 0.3) is 27.6 Å². The Kier molecular flexibility index (Phi) is 11.1. The number of carbonyl (C=O) groups is 2. The molecule has 0 saturated carbocycles. The van der Waals surface area contributed by atoms with E-state index >= 15 is 0 Å². The molecule has 0 aliphatic rings. The van der Waals surface area contributed by atoms with Crippen molar-refractivity contribution in [1.82, 2.24) is 9.55 Å². The predicted octanol–water partition coefficient (Wildman–Crippen LogP) is 6.77. The SMILES string of the molecule is COCOC(=O)c1c(-c2cc(OC)c(OC)c(OC)c2)c2ccc(OCc3ccccn3)cc2c(=O)n1-c1ccc(NC(=O)OC(C)(C)C)cc1. The molecule has 0 aliphatic carbocycles. The van der Waals surface area contributed by atoms with Gasteiger partial charge in [-0.25, -0.2) is 9.59 Å². The number of hydrogen-bond donors (Lipinski definition) is 1. The number of carbonyl (C=O) groups excluding carboxylic acids is 2. The van der Waals surface area contributed by atoms with Crippen molar-refractivity contribution in [2.45, 2.75) is 33.0 Å². The van der Waals surface area contributed by atoms with Crippen molar-refractivity contribution in [2.24, 2.45) is 0 Å². The molecule has 13 heteroatoms. The van der Waals surface area contributed by atoms with Gasteiger partial charge in [-0.1, -0.05) is 6.07 Å². The van der Waals surface area contributed by atoms with Crippen LogP contribution in [0.3, 0.4) is 0 Å². The first-order valence-corrected chi connectivity index (χ1v) is 15.8. The van der Waals surface area contributed by atoms with Gasteiger partial charge in [-0.2, -0.15) is 0 Å². The maximum absolute atomic E-state index is 14.6. The summed E-state index contributed by atoms with van der Waals surface area (Å²) in [4.78, 5) is 45.4. The second kappa shape index (κ2) is 15.6. The Morgan fingerprint density at radius 1 is 0.843 bits per heavy atom. The third-order valence-electron chi connectivity index (χ3n) is 7.49. The van der Waals surface area contributed by atoms with Crippen molar-refractivity contribution in [3.05, 3.63) is 101 Å². The Balaban J connectivity index is 1.78. The molecule has 51 heavy (non-hydrogen) atoms. The fraction of sp³-hybridized carbons (Fsp3) is 0.263. The molecule has 13 nitrogen and oxygen atoms in total. The monoisotopic (exact) mass is 697 g/mol. The zero-order valence-electron chi connectivity index (χ0n) is 29.4. The van der Waals surface area contributed by atoms with Gasteiger partial charge < -0.3 is 33.2 Å². The first-order chi connectivity index (χ1) is 24.5. The molecule has 0 radical (unpaired) electrons. The van der Waals surface area contributed by atoms with Crippen LogP contribution in [0, 0.1) is 0 Å². The molecular weight excluding hydrogens is 658 g/mol. The minimum absolute atomic E-state index is 0.103. The summed E-state index contributed by atoms with van der Waals surface area (Å²) in [5.74, 6) is 0.539. The van der Waals surface area contributed by atoms with Gasteiger partial charge in [0.05, 0.1) is 32.4 Å². The summed E-state index contributed by atoms with van der Waals surface area (Å²) < 4.78 is 40.0. The quantitative estimate of drug-likeness (QED) is 0.109. The topological polar surface area (TPSA) is 146 Å². The summed E-state index contributed by atoms with van der Waals surface area (Å²) in [5, 5.41) is 3.33. The van der Waals surface area contributed by atoms with E-state index in [1.807, 2.05) is 18.2 Å². The van der Waals surface area contributed by atoms with E-state index in [9.17, 15) is 14.4 Å². The summed E-state index contributed by atoms with van der Waals surface area (Å²) in [6, 6.07) is 20.2. The second-order valence-corrected chi connectivity index (χ2v) is 12.1. The van der Waals surface area contributed by atoms with Crippen LogP contribution >= 0.6 is 0 Å². The van der Waals surface area contributed by atoms with E-state index in [1.54, 1.807) is 81.6 Å². The van der Waals surface area contributed by atoms with Crippen LogP contribution in [0.15, 0.2) is 83.8 Å². The number of aromatic nitrogens is 2. The third-order valence-corrected chi connectivity index (χ3v) is 7.49. The lowest BCUT2D eigenvalue weighted by atomic mass is 9.95. The van der Waals surface area contributed by atoms with E-state index < -0.39 is 23.2 Å². The van der Waals surface area contributed by atoms with Gasteiger partial charge in [-0.3, -0.25) is 19.7 Å². The standard InChI is InChI=1S/C38H39N3O10/c1-38(2,3)51-37(44)40-24-11-13-26(14-12-24)41-33(36(43)50-22-45-4)32(23-18-30(46-5)34(48-7)31(19-23)47-6)28-16-15-27(20-29(28)35(41)42)49-21-25-10-8-9-17-39-25/h8-20H,21-22H2,1-7H3,(H,40,44). The van der Waals surface area contributed by atoms with E-state index in [1.165, 1.54) is 33.0 Å². The summed E-state index contributed by atoms with van der Waals surface area (Å²) >= 11 is 0. The number of esters is 1. The molecular formula is C38H39N3O10. The van der Waals surface area contributed by atoms with Gasteiger partial charge in [0.2, 0.25) is 5.75 Å². The lowest BCUT2D eigenvalue weighted by molar-refractivity contribution is -0.0131. The molecule has 2 aromatic heterocycles. The highest BCUT2D eigenvalue weighted by molar-refractivity contribution is 6.08. The number of amides is 1. The van der Waals surface area contributed by atoms with Crippen LogP contribution in [0.5, 0.6) is 23.0 Å². The number of anilines is 1. The van der Waals surface area contributed by atoms with E-state index in [0.29, 0.717) is 56.6 Å². The fourth-order valence-corrected chi connectivity index (χ4v) is 5.36. The molecule has 0 saturated heterocycles. The van der Waals surface area contributed by atoms with E-state index in [4.69, 9.17) is 33.2 Å². The van der Waals surface area contributed by atoms with Crippen LogP contribution in [0.2, 0.25) is 0 Å². The molecule has 0 atom stereocenters. The van der Waals surface area contributed by atoms with Crippen molar-refractivity contribution in [3.63, 3.8) is 0 Å². The number of rotatable bonds is 12. The van der Waals surface area contributed by atoms with E-state index in [2.05, 4.69) is 10.3 Å². The van der Waals surface area contributed by atoms with Crippen LogP contribution in [-0.2, 0) is 20.8 Å². The molecule has 3 aromatic carbocycles.